The summed E-state index contributed by atoms with van der Waals surface area (Å²) in [5.41, 5.74) is 5.43. The first-order valence-electron chi connectivity index (χ1n) is 24.4. The van der Waals surface area contributed by atoms with E-state index in [2.05, 4.69) is 43.2 Å². The first-order chi connectivity index (χ1) is 36.4. The Morgan fingerprint density at radius 1 is 0.947 bits per heavy atom. The molecule has 18 nitrogen and oxygen atoms in total. The number of amides is 1. The molecule has 1 amide bonds. The van der Waals surface area contributed by atoms with Crippen molar-refractivity contribution in [3.63, 3.8) is 0 Å². The lowest BCUT2D eigenvalue weighted by atomic mass is 10.0. The van der Waals surface area contributed by atoms with Gasteiger partial charge in [0.05, 0.1) is 86.4 Å². The largest absolute Gasteiger partial charge is 0.495 e. The standard InChI is InChI=1S/C53H63F4N9O9S/c1-35-51(36(2)75-63-35)38-27-47(52(71-6)61-31-38)60-30-37-10-7-12-40(26-37)74-33-50(67)59-19-22-72-24-25-73-23-21-65(4)76(68,69)41-15-16-46(49(29-41)70-5)58-18-9-11-39-28-42-44(62-45-17-20-64(3)32-43(45)54)13-8-14-48(42)66(39)34-53(55,56)57/h7-8,10,12-16,26-29,31,43,45,58,60,62H,17-25,30,32-34H2,1-6H3,(H,59,67)/t43-,45+/m0/s1. The van der Waals surface area contributed by atoms with E-state index in [1.807, 2.05) is 50.1 Å². The number of aryl methyl sites for hydroxylation is 2. The van der Waals surface area contributed by atoms with Crippen molar-refractivity contribution in [1.82, 2.24) is 29.2 Å². The van der Waals surface area contributed by atoms with Gasteiger partial charge in [-0.05, 0) is 87.3 Å². The summed E-state index contributed by atoms with van der Waals surface area (Å²) in [6.45, 7) is 4.58. The number of sulfonamides is 1. The Balaban J connectivity index is 0.801. The number of alkyl halides is 4. The molecule has 4 heterocycles. The zero-order chi connectivity index (χ0) is 54.4. The Kier molecular flexibility index (Phi) is 19.4. The average molecular weight is 1080 g/mol. The molecule has 1 fully saturated rings. The fourth-order valence-corrected chi connectivity index (χ4v) is 9.70. The number of nitrogens with one attached hydrogen (secondary N) is 4. The highest BCUT2D eigenvalue weighted by Crippen LogP contribution is 2.34. The number of rotatable bonds is 25. The average Bonchev–Trinajstić information content (AvgIpc) is 3.94. The molecule has 0 spiro atoms. The summed E-state index contributed by atoms with van der Waals surface area (Å²) in [5.74, 6) is 7.24. The van der Waals surface area contributed by atoms with Crippen LogP contribution in [-0.2, 0) is 37.4 Å². The van der Waals surface area contributed by atoms with Crippen molar-refractivity contribution in [1.29, 1.82) is 0 Å². The van der Waals surface area contributed by atoms with Crippen LogP contribution in [0, 0.1) is 25.7 Å². The van der Waals surface area contributed by atoms with Crippen molar-refractivity contribution in [3.05, 3.63) is 102 Å². The van der Waals surface area contributed by atoms with Gasteiger partial charge in [0.2, 0.25) is 15.9 Å². The Bertz CT molecular complexity index is 3090. The van der Waals surface area contributed by atoms with Crippen molar-refractivity contribution < 1.29 is 59.0 Å². The molecule has 3 aromatic carbocycles. The van der Waals surface area contributed by atoms with Gasteiger partial charge in [0, 0.05) is 74.2 Å². The smallest absolute Gasteiger partial charge is 0.406 e. The molecule has 0 unspecified atom stereocenters. The SMILES string of the molecule is COc1cc(S(=O)(=O)N(C)CCOCCOCCNC(=O)COc2cccc(CNc3cc(-c4c(C)noc4C)cnc3OC)c2)ccc1NCC#Cc1cc2c(N[C@@H]3CCN(C)C[C@@H]3F)cccc2n1CC(F)(F)F. The van der Waals surface area contributed by atoms with Crippen LogP contribution in [0.5, 0.6) is 17.4 Å². The summed E-state index contributed by atoms with van der Waals surface area (Å²) in [6.07, 6.45) is -3.43. The molecule has 23 heteroatoms. The lowest BCUT2D eigenvalue weighted by Gasteiger charge is -2.33. The predicted molar refractivity (Wildman–Crippen MR) is 280 cm³/mol. The second-order valence-electron chi connectivity index (χ2n) is 18.0. The number of carbonyl (C=O) groups excluding carboxylic acids is 1. The molecule has 0 saturated carbocycles. The molecule has 1 saturated heterocycles. The molecule has 408 valence electrons. The fraction of sp³-hybridized carbons (Fsp3) is 0.415. The normalized spacial score (nSPS) is 15.0. The van der Waals surface area contributed by atoms with Crippen LogP contribution < -0.4 is 35.5 Å². The van der Waals surface area contributed by atoms with Crippen LogP contribution in [0.15, 0.2) is 88.4 Å². The summed E-state index contributed by atoms with van der Waals surface area (Å²) >= 11 is 0. The quantitative estimate of drug-likeness (QED) is 0.0254. The zero-order valence-corrected chi connectivity index (χ0v) is 44.0. The van der Waals surface area contributed by atoms with Gasteiger partial charge in [-0.25, -0.2) is 17.8 Å². The number of anilines is 3. The number of methoxy groups -OCH3 is 2. The summed E-state index contributed by atoms with van der Waals surface area (Å²) in [7, 11) is 2.23. The van der Waals surface area contributed by atoms with E-state index in [1.54, 1.807) is 43.6 Å². The van der Waals surface area contributed by atoms with Crippen molar-refractivity contribution >= 4 is 43.9 Å². The second-order valence-corrected chi connectivity index (χ2v) is 20.0. The fourth-order valence-electron chi connectivity index (χ4n) is 8.53. The number of ether oxygens (including phenoxy) is 5. The van der Waals surface area contributed by atoms with E-state index < -0.39 is 35.0 Å². The number of aromatic nitrogens is 3. The van der Waals surface area contributed by atoms with Gasteiger partial charge in [0.15, 0.2) is 6.61 Å². The van der Waals surface area contributed by atoms with E-state index in [-0.39, 0.29) is 81.5 Å². The molecule has 4 N–H and O–H groups in total. The maximum atomic E-state index is 14.9. The van der Waals surface area contributed by atoms with Crippen molar-refractivity contribution in [3.8, 4) is 40.3 Å². The number of likely N-dealkylation sites (N-methyl/N-ethyl adjacent to an activating group) is 1. The highest BCUT2D eigenvalue weighted by molar-refractivity contribution is 7.89. The van der Waals surface area contributed by atoms with Gasteiger partial charge >= 0.3 is 6.18 Å². The molecular formula is C53H63F4N9O9S. The first-order valence-corrected chi connectivity index (χ1v) is 25.9. The van der Waals surface area contributed by atoms with E-state index in [1.165, 1.54) is 32.4 Å². The van der Waals surface area contributed by atoms with Crippen LogP contribution in [0.4, 0.5) is 34.6 Å². The van der Waals surface area contributed by atoms with Crippen LogP contribution in [-0.4, -0.2) is 151 Å². The maximum Gasteiger partial charge on any atom is 0.406 e. The molecule has 0 bridgehead atoms. The third-order valence-electron chi connectivity index (χ3n) is 12.4. The van der Waals surface area contributed by atoms with Gasteiger partial charge in [-0.1, -0.05) is 29.3 Å². The Morgan fingerprint density at radius 2 is 1.74 bits per heavy atom. The molecule has 1 aliphatic heterocycles. The van der Waals surface area contributed by atoms with Gasteiger partial charge in [-0.3, -0.25) is 4.79 Å². The van der Waals surface area contributed by atoms with Crippen LogP contribution in [0.1, 0.15) is 29.1 Å². The van der Waals surface area contributed by atoms with E-state index in [4.69, 9.17) is 28.2 Å². The predicted octanol–water partition coefficient (Wildman–Crippen LogP) is 7.27. The van der Waals surface area contributed by atoms with Gasteiger partial charge in [-0.15, -0.1) is 0 Å². The van der Waals surface area contributed by atoms with Crippen molar-refractivity contribution in [2.45, 2.75) is 56.6 Å². The molecule has 0 radical (unpaired) electrons. The van der Waals surface area contributed by atoms with E-state index in [0.29, 0.717) is 64.9 Å². The number of halogens is 4. The molecule has 7 rings (SSSR count). The Hall–Kier alpha value is -7.10. The van der Waals surface area contributed by atoms with Crippen LogP contribution in [0.3, 0.4) is 0 Å². The van der Waals surface area contributed by atoms with E-state index >= 15 is 0 Å². The highest BCUT2D eigenvalue weighted by Gasteiger charge is 2.31. The molecule has 1 aliphatic rings. The Labute approximate surface area is 439 Å². The van der Waals surface area contributed by atoms with Crippen LogP contribution >= 0.6 is 0 Å². The van der Waals surface area contributed by atoms with Gasteiger partial charge in [0.25, 0.3) is 5.91 Å². The summed E-state index contributed by atoms with van der Waals surface area (Å²) < 4.78 is 119. The van der Waals surface area contributed by atoms with Gasteiger partial charge in [-0.2, -0.15) is 17.5 Å². The molecule has 76 heavy (non-hydrogen) atoms. The van der Waals surface area contributed by atoms with Crippen LogP contribution in [0.2, 0.25) is 0 Å². The van der Waals surface area contributed by atoms with E-state index in [9.17, 15) is 30.8 Å². The number of hydrogen-bond acceptors (Lipinski definition) is 15. The minimum absolute atomic E-state index is 0.0137. The number of fused-ring (bicyclic) bond motifs is 1. The lowest BCUT2D eigenvalue weighted by molar-refractivity contribution is -0.140. The number of pyridine rings is 1. The minimum atomic E-state index is -4.53. The summed E-state index contributed by atoms with van der Waals surface area (Å²) in [5, 5.41) is 16.9. The Morgan fingerprint density at radius 3 is 2.47 bits per heavy atom. The summed E-state index contributed by atoms with van der Waals surface area (Å²) in [4.78, 5) is 18.8. The van der Waals surface area contributed by atoms with Gasteiger partial charge < -0.3 is 58.9 Å². The number of benzene rings is 3. The van der Waals surface area contributed by atoms with Crippen molar-refractivity contribution in [2.24, 2.45) is 0 Å². The summed E-state index contributed by atoms with van der Waals surface area (Å²) in [6, 6.07) is 19.6. The number of piperidine rings is 1. The number of hydrogen-bond donors (Lipinski definition) is 4. The third-order valence-corrected chi connectivity index (χ3v) is 14.3. The zero-order valence-electron chi connectivity index (χ0n) is 43.2. The topological polar surface area (TPSA) is 196 Å². The lowest BCUT2D eigenvalue weighted by Crippen LogP contribution is -2.46. The maximum absolute atomic E-state index is 14.9. The number of nitrogens with zero attached hydrogens (tertiary/aromatic N) is 5. The second kappa shape index (κ2) is 26.1. The number of carbonyl (C=O) groups is 1. The third kappa shape index (κ3) is 15.1. The number of likely N-dealkylation sites (tertiary alicyclic amines) is 1. The monoisotopic (exact) mass is 1080 g/mol. The molecule has 3 aromatic heterocycles. The molecule has 6 aromatic rings. The van der Waals surface area contributed by atoms with Gasteiger partial charge in [0.1, 0.15) is 30.0 Å². The highest BCUT2D eigenvalue weighted by atomic mass is 32.2. The minimum Gasteiger partial charge on any atom is -0.495 e. The molecular weight excluding hydrogens is 1010 g/mol. The van der Waals surface area contributed by atoms with E-state index in [0.717, 1.165) is 31.3 Å². The van der Waals surface area contributed by atoms with Crippen LogP contribution in [0.25, 0.3) is 22.0 Å². The van der Waals surface area contributed by atoms with Crippen molar-refractivity contribution in [2.75, 3.05) is 110 Å². The molecule has 0 aliphatic carbocycles. The first kappa shape index (κ1) is 56.6. The molecule has 2 atom stereocenters.